The van der Waals surface area contributed by atoms with Gasteiger partial charge in [-0.15, -0.1) is 11.3 Å². The van der Waals surface area contributed by atoms with Gasteiger partial charge in [-0.1, -0.05) is 30.3 Å². The molecule has 0 radical (unpaired) electrons. The van der Waals surface area contributed by atoms with Crippen LogP contribution in [-0.4, -0.2) is 29.9 Å². The van der Waals surface area contributed by atoms with E-state index in [-0.39, 0.29) is 11.8 Å². The molecule has 0 unspecified atom stereocenters. The standard InChI is InChI=1S/C15H17N3O2S/c1-10-13(14(20)17-9-8-16-11(2)19)21-15(18-10)12-6-4-3-5-7-12/h3-7H,8-9H2,1-2H3,(H,16,19)(H,17,20). The average Bonchev–Trinajstić information content (AvgIpc) is 2.86. The highest BCUT2D eigenvalue weighted by Crippen LogP contribution is 2.27. The molecule has 0 aliphatic heterocycles. The van der Waals surface area contributed by atoms with Crippen molar-refractivity contribution in [2.45, 2.75) is 13.8 Å². The van der Waals surface area contributed by atoms with E-state index in [0.717, 1.165) is 16.3 Å². The number of thiazole rings is 1. The van der Waals surface area contributed by atoms with E-state index in [4.69, 9.17) is 0 Å². The van der Waals surface area contributed by atoms with Crippen LogP contribution in [0.2, 0.25) is 0 Å². The van der Waals surface area contributed by atoms with Crippen molar-refractivity contribution in [3.63, 3.8) is 0 Å². The van der Waals surface area contributed by atoms with Gasteiger partial charge in [0.25, 0.3) is 5.91 Å². The molecule has 1 aromatic carbocycles. The normalized spacial score (nSPS) is 10.2. The van der Waals surface area contributed by atoms with Crippen molar-refractivity contribution in [2.75, 3.05) is 13.1 Å². The highest BCUT2D eigenvalue weighted by molar-refractivity contribution is 7.17. The number of hydrogen-bond donors (Lipinski definition) is 2. The lowest BCUT2D eigenvalue weighted by Gasteiger charge is -2.04. The summed E-state index contributed by atoms with van der Waals surface area (Å²) in [6.45, 7) is 4.09. The van der Waals surface area contributed by atoms with Crippen LogP contribution < -0.4 is 10.6 Å². The Kier molecular flexibility index (Phi) is 5.05. The largest absolute Gasteiger partial charge is 0.355 e. The molecule has 1 aromatic heterocycles. The second-order valence-corrected chi connectivity index (χ2v) is 5.54. The molecule has 0 spiro atoms. The third-order valence-corrected chi connectivity index (χ3v) is 4.01. The van der Waals surface area contributed by atoms with E-state index in [1.165, 1.54) is 18.3 Å². The predicted molar refractivity (Wildman–Crippen MR) is 83.3 cm³/mol. The first-order chi connectivity index (χ1) is 10.1. The highest BCUT2D eigenvalue weighted by Gasteiger charge is 2.15. The summed E-state index contributed by atoms with van der Waals surface area (Å²) in [6.07, 6.45) is 0. The lowest BCUT2D eigenvalue weighted by molar-refractivity contribution is -0.118. The number of nitrogens with zero attached hydrogens (tertiary/aromatic N) is 1. The Morgan fingerprint density at radius 2 is 1.81 bits per heavy atom. The maximum atomic E-state index is 12.1. The van der Waals surface area contributed by atoms with E-state index in [0.29, 0.717) is 18.0 Å². The number of benzene rings is 1. The van der Waals surface area contributed by atoms with Gasteiger partial charge >= 0.3 is 0 Å². The van der Waals surface area contributed by atoms with Gasteiger partial charge in [-0.3, -0.25) is 9.59 Å². The van der Waals surface area contributed by atoms with Crippen molar-refractivity contribution < 1.29 is 9.59 Å². The van der Waals surface area contributed by atoms with Crippen molar-refractivity contribution >= 4 is 23.2 Å². The fraction of sp³-hybridized carbons (Fsp3) is 0.267. The summed E-state index contributed by atoms with van der Waals surface area (Å²) in [5, 5.41) is 6.24. The molecule has 0 fully saturated rings. The van der Waals surface area contributed by atoms with Gasteiger partial charge in [-0.05, 0) is 6.92 Å². The van der Waals surface area contributed by atoms with Gasteiger partial charge in [-0.2, -0.15) is 0 Å². The van der Waals surface area contributed by atoms with E-state index in [1.807, 2.05) is 37.3 Å². The first-order valence-electron chi connectivity index (χ1n) is 6.63. The number of rotatable bonds is 5. The van der Waals surface area contributed by atoms with E-state index in [9.17, 15) is 9.59 Å². The summed E-state index contributed by atoms with van der Waals surface area (Å²) in [6, 6.07) is 9.77. The molecular weight excluding hydrogens is 286 g/mol. The van der Waals surface area contributed by atoms with Crippen molar-refractivity contribution in [2.24, 2.45) is 0 Å². The molecule has 0 atom stereocenters. The number of carbonyl (C=O) groups excluding carboxylic acids is 2. The van der Waals surface area contributed by atoms with E-state index >= 15 is 0 Å². The van der Waals surface area contributed by atoms with Crippen LogP contribution in [0.1, 0.15) is 22.3 Å². The Morgan fingerprint density at radius 3 is 2.48 bits per heavy atom. The molecule has 6 heteroatoms. The summed E-state index contributed by atoms with van der Waals surface area (Å²) >= 11 is 1.37. The van der Waals surface area contributed by atoms with Crippen LogP contribution in [0.25, 0.3) is 10.6 Å². The monoisotopic (exact) mass is 303 g/mol. The van der Waals surface area contributed by atoms with Gasteiger partial charge < -0.3 is 10.6 Å². The Bertz CT molecular complexity index is 638. The molecule has 1 heterocycles. The van der Waals surface area contributed by atoms with Crippen molar-refractivity contribution in [3.05, 3.63) is 40.9 Å². The SMILES string of the molecule is CC(=O)NCCNC(=O)c1sc(-c2ccccc2)nc1C. The van der Waals surface area contributed by atoms with Crippen LogP contribution in [0.15, 0.2) is 30.3 Å². The molecule has 2 N–H and O–H groups in total. The third kappa shape index (κ3) is 4.13. The number of hydrogen-bond acceptors (Lipinski definition) is 4. The van der Waals surface area contributed by atoms with E-state index < -0.39 is 0 Å². The molecule has 0 aliphatic rings. The molecule has 0 saturated heterocycles. The Balaban J connectivity index is 2.02. The molecule has 21 heavy (non-hydrogen) atoms. The Hall–Kier alpha value is -2.21. The van der Waals surface area contributed by atoms with Crippen LogP contribution in [0.5, 0.6) is 0 Å². The van der Waals surface area contributed by atoms with Gasteiger partial charge in [0, 0.05) is 25.6 Å². The number of carbonyl (C=O) groups is 2. The van der Waals surface area contributed by atoms with Crippen molar-refractivity contribution in [3.8, 4) is 10.6 Å². The molecule has 2 amide bonds. The third-order valence-electron chi connectivity index (χ3n) is 2.81. The number of nitrogens with one attached hydrogen (secondary N) is 2. The predicted octanol–water partition coefficient (Wildman–Crippen LogP) is 1.98. The Labute approximate surface area is 127 Å². The zero-order valence-corrected chi connectivity index (χ0v) is 12.8. The minimum atomic E-state index is -0.155. The van der Waals surface area contributed by atoms with Gasteiger partial charge in [0.1, 0.15) is 9.88 Å². The maximum absolute atomic E-state index is 12.1. The number of aromatic nitrogens is 1. The average molecular weight is 303 g/mol. The highest BCUT2D eigenvalue weighted by atomic mass is 32.1. The lowest BCUT2D eigenvalue weighted by Crippen LogP contribution is -2.33. The fourth-order valence-corrected chi connectivity index (χ4v) is 2.79. The van der Waals surface area contributed by atoms with E-state index in [1.54, 1.807) is 0 Å². The molecule has 110 valence electrons. The molecule has 0 bridgehead atoms. The summed E-state index contributed by atoms with van der Waals surface area (Å²) in [5.41, 5.74) is 1.72. The minimum Gasteiger partial charge on any atom is -0.355 e. The van der Waals surface area contributed by atoms with E-state index in [2.05, 4.69) is 15.6 Å². The minimum absolute atomic E-state index is 0.107. The quantitative estimate of drug-likeness (QED) is 0.830. The molecule has 2 rings (SSSR count). The summed E-state index contributed by atoms with van der Waals surface area (Å²) < 4.78 is 0. The zero-order chi connectivity index (χ0) is 15.2. The number of aryl methyl sites for hydroxylation is 1. The molecule has 5 nitrogen and oxygen atoms in total. The number of amides is 2. The smallest absolute Gasteiger partial charge is 0.263 e. The zero-order valence-electron chi connectivity index (χ0n) is 12.0. The summed E-state index contributed by atoms with van der Waals surface area (Å²) in [4.78, 5) is 27.9. The van der Waals surface area contributed by atoms with Crippen LogP contribution in [0.3, 0.4) is 0 Å². The van der Waals surface area contributed by atoms with Gasteiger partial charge in [0.05, 0.1) is 5.69 Å². The van der Waals surface area contributed by atoms with Crippen LogP contribution in [0.4, 0.5) is 0 Å². The van der Waals surface area contributed by atoms with Crippen LogP contribution in [0, 0.1) is 6.92 Å². The van der Waals surface area contributed by atoms with Crippen molar-refractivity contribution in [1.29, 1.82) is 0 Å². The molecule has 2 aromatic rings. The molecule has 0 aliphatic carbocycles. The van der Waals surface area contributed by atoms with Gasteiger partial charge in [0.15, 0.2) is 0 Å². The Morgan fingerprint density at radius 1 is 1.14 bits per heavy atom. The van der Waals surface area contributed by atoms with Crippen LogP contribution >= 0.6 is 11.3 Å². The summed E-state index contributed by atoms with van der Waals surface area (Å²) in [7, 11) is 0. The van der Waals surface area contributed by atoms with Gasteiger partial charge in [0.2, 0.25) is 5.91 Å². The van der Waals surface area contributed by atoms with Crippen molar-refractivity contribution in [1.82, 2.24) is 15.6 Å². The lowest BCUT2D eigenvalue weighted by atomic mass is 10.2. The topological polar surface area (TPSA) is 71.1 Å². The first kappa shape index (κ1) is 15.2. The maximum Gasteiger partial charge on any atom is 0.263 e. The fourth-order valence-electron chi connectivity index (χ4n) is 1.81. The second-order valence-electron chi connectivity index (χ2n) is 4.54. The first-order valence-corrected chi connectivity index (χ1v) is 7.45. The van der Waals surface area contributed by atoms with Gasteiger partial charge in [-0.25, -0.2) is 4.98 Å². The second kappa shape index (κ2) is 6.99. The summed E-state index contributed by atoms with van der Waals surface area (Å²) in [5.74, 6) is -0.262. The van der Waals surface area contributed by atoms with Crippen LogP contribution in [-0.2, 0) is 4.79 Å². The molecular formula is C15H17N3O2S. The molecule has 0 saturated carbocycles.